The van der Waals surface area contributed by atoms with Gasteiger partial charge < -0.3 is 0 Å². The van der Waals surface area contributed by atoms with Gasteiger partial charge in [-0.2, -0.15) is 0 Å². The van der Waals surface area contributed by atoms with Crippen LogP contribution in [0.2, 0.25) is 0 Å². The molecule has 82 valence electrons. The predicted molar refractivity (Wildman–Crippen MR) is 74.5 cm³/mol. The van der Waals surface area contributed by atoms with Crippen molar-refractivity contribution in [2.45, 2.75) is 37.5 Å². The highest BCUT2D eigenvalue weighted by Gasteiger charge is 2.28. The van der Waals surface area contributed by atoms with Crippen molar-refractivity contribution in [1.82, 2.24) is 0 Å². The summed E-state index contributed by atoms with van der Waals surface area (Å²) in [5.41, 5.74) is 1.44. The second-order valence-electron chi connectivity index (χ2n) is 4.37. The molecule has 0 bridgehead atoms. The van der Waals surface area contributed by atoms with Gasteiger partial charge in [-0.1, -0.05) is 12.1 Å². The summed E-state index contributed by atoms with van der Waals surface area (Å²) in [7, 11) is 0. The van der Waals surface area contributed by atoms with Gasteiger partial charge in [-0.05, 0) is 78.3 Å². The molecule has 0 aromatic heterocycles. The summed E-state index contributed by atoms with van der Waals surface area (Å²) in [6.45, 7) is 0. The van der Waals surface area contributed by atoms with E-state index in [1.807, 2.05) is 0 Å². The Bertz CT molecular complexity index is 303. The molecule has 1 fully saturated rings. The smallest absolute Gasteiger partial charge is 0.0364 e. The summed E-state index contributed by atoms with van der Waals surface area (Å²) in [5.74, 6) is 0.836. The molecular formula is C13H16ClI. The van der Waals surface area contributed by atoms with Gasteiger partial charge in [-0.15, -0.1) is 11.6 Å². The van der Waals surface area contributed by atoms with Crippen molar-refractivity contribution < 1.29 is 0 Å². The Labute approximate surface area is 111 Å². The van der Waals surface area contributed by atoms with Gasteiger partial charge in [0.05, 0.1) is 0 Å². The molecule has 1 aromatic rings. The molecule has 0 radical (unpaired) electrons. The normalized spacial score (nSPS) is 17.7. The first-order chi connectivity index (χ1) is 7.25. The van der Waals surface area contributed by atoms with Crippen molar-refractivity contribution >= 4 is 34.2 Å². The zero-order valence-corrected chi connectivity index (χ0v) is 11.7. The van der Waals surface area contributed by atoms with Gasteiger partial charge in [0, 0.05) is 8.95 Å². The quantitative estimate of drug-likeness (QED) is 0.544. The van der Waals surface area contributed by atoms with Crippen LogP contribution >= 0.6 is 34.2 Å². The van der Waals surface area contributed by atoms with Gasteiger partial charge in [0.1, 0.15) is 0 Å². The summed E-state index contributed by atoms with van der Waals surface area (Å²) in [6, 6.07) is 8.80. The van der Waals surface area contributed by atoms with Gasteiger partial charge >= 0.3 is 0 Å². The summed E-state index contributed by atoms with van der Waals surface area (Å²) in [6.07, 6.45) is 6.30. The molecule has 1 saturated carbocycles. The molecule has 1 unspecified atom stereocenters. The lowest BCUT2D eigenvalue weighted by Gasteiger charge is -2.07. The molecule has 0 heterocycles. The third-order valence-corrected chi connectivity index (χ3v) is 4.29. The maximum atomic E-state index is 6.27. The average molecular weight is 335 g/mol. The fourth-order valence-electron chi connectivity index (χ4n) is 1.85. The molecule has 1 aliphatic rings. The van der Waals surface area contributed by atoms with E-state index in [9.17, 15) is 0 Å². The maximum absolute atomic E-state index is 6.27. The molecule has 0 amide bonds. The van der Waals surface area contributed by atoms with Crippen LogP contribution in [0.1, 0.15) is 31.2 Å². The van der Waals surface area contributed by atoms with Crippen LogP contribution in [0.3, 0.4) is 0 Å². The van der Waals surface area contributed by atoms with Gasteiger partial charge in [-0.3, -0.25) is 0 Å². The zero-order valence-electron chi connectivity index (χ0n) is 8.76. The van der Waals surface area contributed by atoms with Crippen LogP contribution in [-0.2, 0) is 6.42 Å². The van der Waals surface area contributed by atoms with Crippen molar-refractivity contribution in [3.63, 3.8) is 0 Å². The maximum Gasteiger partial charge on any atom is 0.0364 e. The Morgan fingerprint density at radius 2 is 1.93 bits per heavy atom. The van der Waals surface area contributed by atoms with E-state index in [0.717, 1.165) is 5.92 Å². The highest BCUT2D eigenvalue weighted by atomic mass is 127. The van der Waals surface area contributed by atoms with Gasteiger partial charge in [0.15, 0.2) is 0 Å². The van der Waals surface area contributed by atoms with Gasteiger partial charge in [-0.25, -0.2) is 0 Å². The SMILES string of the molecule is ClC(CCCc1ccc(I)cc1)C1CC1. The van der Waals surface area contributed by atoms with Crippen molar-refractivity contribution in [1.29, 1.82) is 0 Å². The summed E-state index contributed by atoms with van der Waals surface area (Å²) >= 11 is 8.61. The van der Waals surface area contributed by atoms with E-state index < -0.39 is 0 Å². The Hall–Kier alpha value is 0.240. The molecule has 0 saturated heterocycles. The van der Waals surface area contributed by atoms with Crippen LogP contribution in [-0.4, -0.2) is 5.38 Å². The predicted octanol–water partition coefficient (Wildman–Crippen LogP) is 4.63. The molecule has 0 spiro atoms. The Balaban J connectivity index is 1.70. The van der Waals surface area contributed by atoms with Gasteiger partial charge in [0.25, 0.3) is 0 Å². The van der Waals surface area contributed by atoms with Crippen molar-refractivity contribution in [3.8, 4) is 0 Å². The fourth-order valence-corrected chi connectivity index (χ4v) is 2.61. The Kier molecular flexibility index (Phi) is 4.32. The van der Waals surface area contributed by atoms with Crippen molar-refractivity contribution in [2.24, 2.45) is 5.92 Å². The first-order valence-electron chi connectivity index (χ1n) is 5.64. The fraction of sp³-hybridized carbons (Fsp3) is 0.538. The van der Waals surface area contributed by atoms with E-state index in [4.69, 9.17) is 11.6 Å². The van der Waals surface area contributed by atoms with E-state index in [1.54, 1.807) is 0 Å². The summed E-state index contributed by atoms with van der Waals surface area (Å²) in [5, 5.41) is 0.439. The molecule has 1 atom stereocenters. The number of halogens is 2. The lowest BCUT2D eigenvalue weighted by Crippen LogP contribution is -2.01. The molecule has 2 heteroatoms. The lowest BCUT2D eigenvalue weighted by molar-refractivity contribution is 0.637. The minimum atomic E-state index is 0.439. The topological polar surface area (TPSA) is 0 Å². The number of hydrogen-bond donors (Lipinski definition) is 0. The number of benzene rings is 1. The third-order valence-electron chi connectivity index (χ3n) is 2.99. The monoisotopic (exact) mass is 334 g/mol. The Morgan fingerprint density at radius 1 is 1.27 bits per heavy atom. The molecule has 0 N–H and O–H groups in total. The van der Waals surface area contributed by atoms with Crippen LogP contribution in [0.4, 0.5) is 0 Å². The molecule has 0 nitrogen and oxygen atoms in total. The molecule has 15 heavy (non-hydrogen) atoms. The minimum Gasteiger partial charge on any atom is -0.123 e. The third kappa shape index (κ3) is 3.95. The first-order valence-corrected chi connectivity index (χ1v) is 7.16. The van der Waals surface area contributed by atoms with Crippen LogP contribution in [0.25, 0.3) is 0 Å². The van der Waals surface area contributed by atoms with Crippen LogP contribution in [0.15, 0.2) is 24.3 Å². The average Bonchev–Trinajstić information content (AvgIpc) is 3.04. The number of alkyl halides is 1. The zero-order chi connectivity index (χ0) is 10.7. The molecule has 1 aromatic carbocycles. The molecule has 0 aliphatic heterocycles. The van der Waals surface area contributed by atoms with Crippen LogP contribution in [0, 0.1) is 9.49 Å². The Morgan fingerprint density at radius 3 is 2.53 bits per heavy atom. The standard InChI is InChI=1S/C13H16ClI/c14-13(11-6-7-11)3-1-2-10-4-8-12(15)9-5-10/h4-5,8-9,11,13H,1-3,6-7H2. The summed E-state index contributed by atoms with van der Waals surface area (Å²) in [4.78, 5) is 0. The van der Waals surface area contributed by atoms with E-state index in [-0.39, 0.29) is 0 Å². The van der Waals surface area contributed by atoms with E-state index in [2.05, 4.69) is 46.9 Å². The van der Waals surface area contributed by atoms with Crippen LogP contribution < -0.4 is 0 Å². The highest BCUT2D eigenvalue weighted by Crippen LogP contribution is 2.37. The van der Waals surface area contributed by atoms with Crippen molar-refractivity contribution in [3.05, 3.63) is 33.4 Å². The second-order valence-corrected chi connectivity index (χ2v) is 6.18. The first kappa shape index (κ1) is 11.7. The van der Waals surface area contributed by atoms with E-state index >= 15 is 0 Å². The highest BCUT2D eigenvalue weighted by molar-refractivity contribution is 14.1. The number of hydrogen-bond acceptors (Lipinski definition) is 0. The van der Waals surface area contributed by atoms with Crippen LogP contribution in [0.5, 0.6) is 0 Å². The molecule has 1 aliphatic carbocycles. The number of aryl methyl sites for hydroxylation is 1. The number of rotatable bonds is 5. The largest absolute Gasteiger partial charge is 0.123 e. The van der Waals surface area contributed by atoms with Gasteiger partial charge in [0.2, 0.25) is 0 Å². The second kappa shape index (κ2) is 5.53. The molecular weight excluding hydrogens is 319 g/mol. The minimum absolute atomic E-state index is 0.439. The van der Waals surface area contributed by atoms with E-state index in [1.165, 1.54) is 41.2 Å². The summed E-state index contributed by atoms with van der Waals surface area (Å²) < 4.78 is 1.31. The lowest BCUT2D eigenvalue weighted by atomic mass is 10.1. The molecule has 2 rings (SSSR count). The van der Waals surface area contributed by atoms with E-state index in [0.29, 0.717) is 5.38 Å². The van der Waals surface area contributed by atoms with Crippen molar-refractivity contribution in [2.75, 3.05) is 0 Å².